The highest BCUT2D eigenvalue weighted by Crippen LogP contribution is 2.33. The van der Waals surface area contributed by atoms with E-state index in [4.69, 9.17) is 0 Å². The fraction of sp³-hybridized carbons (Fsp3) is 1.00. The molecule has 0 unspecified atom stereocenters. The van der Waals surface area contributed by atoms with Crippen molar-refractivity contribution in [2.45, 2.75) is 12.2 Å². The van der Waals surface area contributed by atoms with Crippen molar-refractivity contribution < 1.29 is 30.4 Å². The molecule has 0 fully saturated rings. The maximum absolute atomic E-state index is 12.1. The summed E-state index contributed by atoms with van der Waals surface area (Å²) in [6.45, 7) is 0. The molecule has 0 spiro atoms. The van der Waals surface area contributed by atoms with Crippen LogP contribution in [0.2, 0.25) is 0 Å². The van der Waals surface area contributed by atoms with Crippen molar-refractivity contribution in [1.29, 1.82) is 0 Å². The molecule has 0 atom stereocenters. The fourth-order valence-electron chi connectivity index (χ4n) is 0.311. The lowest BCUT2D eigenvalue weighted by molar-refractivity contribution is -0.287. The van der Waals surface area contributed by atoms with Gasteiger partial charge in [0, 0.05) is 14.1 Å². The van der Waals surface area contributed by atoms with Crippen molar-refractivity contribution in [2.75, 3.05) is 14.1 Å². The zero-order chi connectivity index (χ0) is 11.8. The van der Waals surface area contributed by atoms with Crippen LogP contribution in [0.1, 0.15) is 0 Å². The Labute approximate surface area is 76.9 Å². The molecule has 0 radical (unpaired) electrons. The van der Waals surface area contributed by atoms with Crippen LogP contribution in [0.15, 0.2) is 0 Å². The second-order valence-corrected chi connectivity index (χ2v) is 4.35. The number of rotatable bonds is 3. The van der Waals surface area contributed by atoms with E-state index in [-0.39, 0.29) is 9.03 Å². The van der Waals surface area contributed by atoms with Crippen molar-refractivity contribution in [3.05, 3.63) is 0 Å². The second-order valence-electron chi connectivity index (χ2n) is 2.46. The van der Waals surface area contributed by atoms with Crippen LogP contribution in [0.25, 0.3) is 0 Å². The zero-order valence-electron chi connectivity index (χ0n) is 7.06. The van der Waals surface area contributed by atoms with E-state index in [0.717, 1.165) is 14.1 Å². The van der Waals surface area contributed by atoms with E-state index < -0.39 is 22.4 Å². The van der Waals surface area contributed by atoms with Gasteiger partial charge in [0.2, 0.25) is 0 Å². The summed E-state index contributed by atoms with van der Waals surface area (Å²) in [6.07, 6.45) is -5.96. The molecular weight excluding hydrogens is 235 g/mol. The first-order chi connectivity index (χ1) is 5.90. The Balaban J connectivity index is 4.87. The van der Waals surface area contributed by atoms with Gasteiger partial charge in [-0.2, -0.15) is 34.7 Å². The predicted octanol–water partition coefficient (Wildman–Crippen LogP) is 0.538. The molecule has 0 amide bonds. The first-order valence-corrected chi connectivity index (χ1v) is 4.50. The molecule has 0 aliphatic rings. The second kappa shape index (κ2) is 3.59. The molecule has 0 aliphatic heterocycles. The summed E-state index contributed by atoms with van der Waals surface area (Å²) >= 11 is 0. The summed E-state index contributed by atoms with van der Waals surface area (Å²) in [5.74, 6) is 0. The molecule has 0 bridgehead atoms. The lowest BCUT2D eigenvalue weighted by Crippen LogP contribution is -2.54. The Morgan fingerprint density at radius 1 is 1.07 bits per heavy atom. The highest BCUT2D eigenvalue weighted by molar-refractivity contribution is 7.87. The van der Waals surface area contributed by atoms with E-state index >= 15 is 0 Å². The number of alkyl halides is 5. The monoisotopic (exact) mass is 242 g/mol. The SMILES string of the molecule is CN(C)S(=O)(=O)NC(F)(F)C(F)(F)F. The van der Waals surface area contributed by atoms with Crippen LogP contribution in [-0.2, 0) is 10.2 Å². The Morgan fingerprint density at radius 2 is 1.43 bits per heavy atom. The minimum absolute atomic E-state index is 0.201. The Morgan fingerprint density at radius 3 is 1.64 bits per heavy atom. The number of hydrogen-bond acceptors (Lipinski definition) is 2. The van der Waals surface area contributed by atoms with Crippen molar-refractivity contribution in [2.24, 2.45) is 0 Å². The van der Waals surface area contributed by atoms with Gasteiger partial charge in [0.1, 0.15) is 0 Å². The van der Waals surface area contributed by atoms with Crippen LogP contribution in [0.4, 0.5) is 22.0 Å². The molecular formula is C4H7F5N2O2S. The van der Waals surface area contributed by atoms with E-state index in [1.54, 1.807) is 0 Å². The van der Waals surface area contributed by atoms with Crippen molar-refractivity contribution in [1.82, 2.24) is 9.03 Å². The third kappa shape index (κ3) is 3.03. The third-order valence-electron chi connectivity index (χ3n) is 1.09. The third-order valence-corrected chi connectivity index (χ3v) is 2.57. The smallest absolute Gasteiger partial charge is 0.195 e. The van der Waals surface area contributed by atoms with Crippen LogP contribution in [0, 0.1) is 0 Å². The minimum Gasteiger partial charge on any atom is -0.195 e. The summed E-state index contributed by atoms with van der Waals surface area (Å²) in [6, 6.07) is -5.48. The number of hydrogen-bond donors (Lipinski definition) is 1. The van der Waals surface area contributed by atoms with Crippen molar-refractivity contribution in [3.63, 3.8) is 0 Å². The van der Waals surface area contributed by atoms with Gasteiger partial charge in [0.15, 0.2) is 0 Å². The predicted molar refractivity (Wildman–Crippen MR) is 36.7 cm³/mol. The van der Waals surface area contributed by atoms with E-state index in [1.165, 1.54) is 0 Å². The Bertz CT molecular complexity index is 295. The minimum atomic E-state index is -5.96. The van der Waals surface area contributed by atoms with Crippen LogP contribution < -0.4 is 4.72 Å². The maximum atomic E-state index is 12.1. The summed E-state index contributed by atoms with van der Waals surface area (Å²) in [4.78, 5) is 0. The highest BCUT2D eigenvalue weighted by atomic mass is 32.2. The molecule has 86 valence electrons. The Hall–Kier alpha value is -0.480. The molecule has 0 heterocycles. The molecule has 0 aromatic carbocycles. The van der Waals surface area contributed by atoms with Gasteiger partial charge in [0.05, 0.1) is 0 Å². The van der Waals surface area contributed by atoms with Gasteiger partial charge >= 0.3 is 12.2 Å². The average molecular weight is 242 g/mol. The number of nitrogens with zero attached hydrogens (tertiary/aromatic N) is 1. The standard InChI is InChI=1S/C4H7F5N2O2S/c1-11(2)14(12,13)10-4(8,9)3(5,6)7/h10H,1-2H3. The topological polar surface area (TPSA) is 49.4 Å². The van der Waals surface area contributed by atoms with Gasteiger partial charge in [-0.25, -0.2) is 0 Å². The summed E-state index contributed by atoms with van der Waals surface area (Å²) in [5.41, 5.74) is 0. The van der Waals surface area contributed by atoms with Gasteiger partial charge in [-0.3, -0.25) is 0 Å². The molecule has 14 heavy (non-hydrogen) atoms. The molecule has 0 aromatic rings. The first kappa shape index (κ1) is 13.5. The molecule has 0 aromatic heterocycles. The lowest BCUT2D eigenvalue weighted by Gasteiger charge is -2.22. The van der Waals surface area contributed by atoms with Gasteiger partial charge in [-0.1, -0.05) is 0 Å². The van der Waals surface area contributed by atoms with Crippen molar-refractivity contribution in [3.8, 4) is 0 Å². The highest BCUT2D eigenvalue weighted by Gasteiger charge is 2.60. The van der Waals surface area contributed by atoms with Crippen LogP contribution in [0.5, 0.6) is 0 Å². The fourth-order valence-corrected chi connectivity index (χ4v) is 0.933. The zero-order valence-corrected chi connectivity index (χ0v) is 7.88. The lowest BCUT2D eigenvalue weighted by atomic mass is 10.6. The van der Waals surface area contributed by atoms with Gasteiger partial charge in [-0.05, 0) is 0 Å². The van der Waals surface area contributed by atoms with E-state index in [9.17, 15) is 30.4 Å². The first-order valence-electron chi connectivity index (χ1n) is 3.06. The van der Waals surface area contributed by atoms with Gasteiger partial charge in [-0.15, -0.1) is 4.72 Å². The molecule has 0 rings (SSSR count). The molecule has 1 N–H and O–H groups in total. The van der Waals surface area contributed by atoms with Crippen molar-refractivity contribution >= 4 is 10.2 Å². The van der Waals surface area contributed by atoms with Gasteiger partial charge in [0.25, 0.3) is 10.2 Å². The summed E-state index contributed by atoms with van der Waals surface area (Å²) in [7, 11) is -3.20. The molecule has 10 heteroatoms. The summed E-state index contributed by atoms with van der Waals surface area (Å²) in [5, 5.41) is 0. The molecule has 0 aliphatic carbocycles. The largest absolute Gasteiger partial charge is 0.470 e. The molecule has 0 saturated carbocycles. The number of nitrogens with one attached hydrogen (secondary N) is 1. The summed E-state index contributed by atoms with van der Waals surface area (Å²) < 4.78 is 80.6. The van der Waals surface area contributed by atoms with Crippen LogP contribution in [-0.4, -0.2) is 39.0 Å². The number of halogens is 5. The Kier molecular flexibility index (Phi) is 3.46. The molecule has 0 saturated heterocycles. The van der Waals surface area contributed by atoms with Gasteiger partial charge < -0.3 is 0 Å². The van der Waals surface area contributed by atoms with Crippen LogP contribution >= 0.6 is 0 Å². The van der Waals surface area contributed by atoms with E-state index in [1.807, 2.05) is 0 Å². The van der Waals surface area contributed by atoms with E-state index in [0.29, 0.717) is 0 Å². The normalized spacial score (nSPS) is 14.9. The maximum Gasteiger partial charge on any atom is 0.470 e. The quantitative estimate of drug-likeness (QED) is 0.580. The average Bonchev–Trinajstić information content (AvgIpc) is 1.80. The molecule has 4 nitrogen and oxygen atoms in total. The van der Waals surface area contributed by atoms with E-state index in [2.05, 4.69) is 0 Å². The van der Waals surface area contributed by atoms with Crippen LogP contribution in [0.3, 0.4) is 0 Å².